The maximum atomic E-state index is 12.1. The zero-order valence-electron chi connectivity index (χ0n) is 12.8. The number of aromatic nitrogens is 2. The van der Waals surface area contributed by atoms with Gasteiger partial charge in [0.1, 0.15) is 11.6 Å². The number of carbonyl (C=O) groups is 1. The van der Waals surface area contributed by atoms with Gasteiger partial charge in [-0.3, -0.25) is 4.79 Å². The summed E-state index contributed by atoms with van der Waals surface area (Å²) in [5, 5.41) is 9.67. The number of amides is 1. The van der Waals surface area contributed by atoms with Gasteiger partial charge in [-0.15, -0.1) is 0 Å². The average molecular weight is 308 g/mol. The van der Waals surface area contributed by atoms with Crippen molar-refractivity contribution in [2.45, 2.75) is 13.8 Å². The van der Waals surface area contributed by atoms with Crippen molar-refractivity contribution < 1.29 is 9.32 Å². The second-order valence-electron chi connectivity index (χ2n) is 5.20. The van der Waals surface area contributed by atoms with E-state index in [0.717, 1.165) is 17.0 Å². The van der Waals surface area contributed by atoms with Crippen LogP contribution < -0.4 is 10.6 Å². The van der Waals surface area contributed by atoms with Gasteiger partial charge in [0.2, 0.25) is 0 Å². The van der Waals surface area contributed by atoms with E-state index in [1.54, 1.807) is 30.5 Å². The molecule has 0 saturated heterocycles. The standard InChI is InChI=1S/C17H16N4O2/c1-11-3-5-13(6-4-11)17(22)20-15-8-7-14(10-18-15)19-16-9-12(2)23-21-16/h3-10H,1-2H3,(H,19,21)(H,18,20,22). The van der Waals surface area contributed by atoms with E-state index >= 15 is 0 Å². The lowest BCUT2D eigenvalue weighted by Gasteiger charge is -2.06. The SMILES string of the molecule is Cc1ccc(C(=O)Nc2ccc(Nc3cc(C)on3)cn2)cc1. The third-order valence-electron chi connectivity index (χ3n) is 3.22. The number of rotatable bonds is 4. The van der Waals surface area contributed by atoms with Crippen molar-refractivity contribution in [1.82, 2.24) is 10.1 Å². The lowest BCUT2D eigenvalue weighted by Crippen LogP contribution is -2.12. The molecule has 0 atom stereocenters. The summed E-state index contributed by atoms with van der Waals surface area (Å²) in [5.41, 5.74) is 2.46. The summed E-state index contributed by atoms with van der Waals surface area (Å²) >= 11 is 0. The van der Waals surface area contributed by atoms with E-state index < -0.39 is 0 Å². The molecule has 1 aromatic carbocycles. The quantitative estimate of drug-likeness (QED) is 0.768. The van der Waals surface area contributed by atoms with E-state index in [2.05, 4.69) is 20.8 Å². The monoisotopic (exact) mass is 308 g/mol. The summed E-state index contributed by atoms with van der Waals surface area (Å²) in [4.78, 5) is 16.3. The van der Waals surface area contributed by atoms with Gasteiger partial charge >= 0.3 is 0 Å². The predicted octanol–water partition coefficient (Wildman–Crippen LogP) is 3.68. The van der Waals surface area contributed by atoms with Crippen LogP contribution in [0.5, 0.6) is 0 Å². The molecule has 23 heavy (non-hydrogen) atoms. The van der Waals surface area contributed by atoms with E-state index in [-0.39, 0.29) is 5.91 Å². The fourth-order valence-corrected chi connectivity index (χ4v) is 2.01. The molecule has 0 aliphatic carbocycles. The highest BCUT2D eigenvalue weighted by Gasteiger charge is 2.07. The second kappa shape index (κ2) is 6.31. The van der Waals surface area contributed by atoms with Gasteiger partial charge in [-0.1, -0.05) is 22.9 Å². The van der Waals surface area contributed by atoms with E-state index in [1.807, 2.05) is 32.0 Å². The van der Waals surface area contributed by atoms with Crippen molar-refractivity contribution in [2.24, 2.45) is 0 Å². The van der Waals surface area contributed by atoms with E-state index in [9.17, 15) is 4.79 Å². The highest BCUT2D eigenvalue weighted by molar-refractivity contribution is 6.03. The summed E-state index contributed by atoms with van der Waals surface area (Å²) < 4.78 is 4.98. The Morgan fingerprint density at radius 2 is 1.83 bits per heavy atom. The van der Waals surface area contributed by atoms with E-state index in [4.69, 9.17) is 4.52 Å². The Morgan fingerprint density at radius 3 is 2.43 bits per heavy atom. The van der Waals surface area contributed by atoms with Gasteiger partial charge in [0.25, 0.3) is 5.91 Å². The summed E-state index contributed by atoms with van der Waals surface area (Å²) in [6.07, 6.45) is 1.62. The molecule has 0 fully saturated rings. The van der Waals surface area contributed by atoms with Crippen molar-refractivity contribution in [1.29, 1.82) is 0 Å². The van der Waals surface area contributed by atoms with Gasteiger partial charge in [0.15, 0.2) is 5.82 Å². The number of pyridine rings is 1. The normalized spacial score (nSPS) is 10.3. The number of aryl methyl sites for hydroxylation is 2. The molecule has 0 unspecified atom stereocenters. The average Bonchev–Trinajstić information content (AvgIpc) is 2.95. The Hall–Kier alpha value is -3.15. The summed E-state index contributed by atoms with van der Waals surface area (Å²) in [6, 6.07) is 12.7. The first kappa shape index (κ1) is 14.8. The van der Waals surface area contributed by atoms with Crippen LogP contribution in [0.3, 0.4) is 0 Å². The van der Waals surface area contributed by atoms with Crippen LogP contribution in [0.25, 0.3) is 0 Å². The maximum absolute atomic E-state index is 12.1. The van der Waals surface area contributed by atoms with Gasteiger partial charge in [0.05, 0.1) is 11.9 Å². The molecule has 6 heteroatoms. The molecule has 1 amide bonds. The Kier molecular flexibility index (Phi) is 4.05. The van der Waals surface area contributed by atoms with Crippen LogP contribution in [0, 0.1) is 13.8 Å². The molecule has 6 nitrogen and oxygen atoms in total. The van der Waals surface area contributed by atoms with E-state index in [0.29, 0.717) is 17.2 Å². The molecule has 3 rings (SSSR count). The molecule has 2 aromatic heterocycles. The molecule has 0 aliphatic rings. The molecular formula is C17H16N4O2. The third kappa shape index (κ3) is 3.74. The Labute approximate surface area is 133 Å². The van der Waals surface area contributed by atoms with Gasteiger partial charge in [-0.25, -0.2) is 4.98 Å². The van der Waals surface area contributed by atoms with Gasteiger partial charge in [0, 0.05) is 11.6 Å². The zero-order chi connectivity index (χ0) is 16.2. The minimum atomic E-state index is -0.190. The first-order valence-electron chi connectivity index (χ1n) is 7.14. The number of hydrogen-bond acceptors (Lipinski definition) is 5. The topological polar surface area (TPSA) is 80.0 Å². The van der Waals surface area contributed by atoms with Crippen molar-refractivity contribution in [2.75, 3.05) is 10.6 Å². The fraction of sp³-hybridized carbons (Fsp3) is 0.118. The number of nitrogens with zero attached hydrogens (tertiary/aromatic N) is 2. The third-order valence-corrected chi connectivity index (χ3v) is 3.22. The number of benzene rings is 1. The first-order chi connectivity index (χ1) is 11.1. The molecule has 0 radical (unpaired) electrons. The summed E-state index contributed by atoms with van der Waals surface area (Å²) in [7, 11) is 0. The lowest BCUT2D eigenvalue weighted by molar-refractivity contribution is 0.102. The Morgan fingerprint density at radius 1 is 1.04 bits per heavy atom. The molecule has 0 saturated carbocycles. The molecule has 2 heterocycles. The second-order valence-corrected chi connectivity index (χ2v) is 5.20. The highest BCUT2D eigenvalue weighted by atomic mass is 16.5. The van der Waals surface area contributed by atoms with Gasteiger partial charge < -0.3 is 15.2 Å². The van der Waals surface area contributed by atoms with Crippen molar-refractivity contribution in [3.05, 3.63) is 65.5 Å². The molecule has 116 valence electrons. The first-order valence-corrected chi connectivity index (χ1v) is 7.14. The minimum Gasteiger partial charge on any atom is -0.360 e. The highest BCUT2D eigenvalue weighted by Crippen LogP contribution is 2.17. The maximum Gasteiger partial charge on any atom is 0.256 e. The van der Waals surface area contributed by atoms with E-state index in [1.165, 1.54) is 0 Å². The smallest absolute Gasteiger partial charge is 0.256 e. The molecule has 2 N–H and O–H groups in total. The lowest BCUT2D eigenvalue weighted by atomic mass is 10.1. The van der Waals surface area contributed by atoms with Crippen molar-refractivity contribution >= 4 is 23.2 Å². The largest absolute Gasteiger partial charge is 0.360 e. The number of hydrogen-bond donors (Lipinski definition) is 2. The van der Waals surface area contributed by atoms with Crippen LogP contribution in [0.4, 0.5) is 17.3 Å². The van der Waals surface area contributed by atoms with Crippen LogP contribution in [-0.2, 0) is 0 Å². The number of carbonyl (C=O) groups excluding carboxylic acids is 1. The molecular weight excluding hydrogens is 292 g/mol. The Balaban J connectivity index is 1.65. The van der Waals surface area contributed by atoms with Crippen LogP contribution in [0.2, 0.25) is 0 Å². The molecule has 0 bridgehead atoms. The van der Waals surface area contributed by atoms with Crippen LogP contribution in [0.15, 0.2) is 53.2 Å². The number of nitrogens with one attached hydrogen (secondary N) is 2. The Bertz CT molecular complexity index is 807. The minimum absolute atomic E-state index is 0.190. The molecule has 0 aliphatic heterocycles. The van der Waals surface area contributed by atoms with Crippen molar-refractivity contribution in [3.8, 4) is 0 Å². The predicted molar refractivity (Wildman–Crippen MR) is 87.9 cm³/mol. The summed E-state index contributed by atoms with van der Waals surface area (Å²) in [5.74, 6) is 1.63. The summed E-state index contributed by atoms with van der Waals surface area (Å²) in [6.45, 7) is 3.80. The molecule has 0 spiro atoms. The fourth-order valence-electron chi connectivity index (χ4n) is 2.01. The van der Waals surface area contributed by atoms with Crippen LogP contribution in [0.1, 0.15) is 21.7 Å². The van der Waals surface area contributed by atoms with Crippen LogP contribution in [-0.4, -0.2) is 16.0 Å². The van der Waals surface area contributed by atoms with Crippen LogP contribution >= 0.6 is 0 Å². The zero-order valence-corrected chi connectivity index (χ0v) is 12.8. The molecule has 3 aromatic rings. The van der Waals surface area contributed by atoms with Gasteiger partial charge in [-0.2, -0.15) is 0 Å². The van der Waals surface area contributed by atoms with Gasteiger partial charge in [-0.05, 0) is 38.1 Å². The number of anilines is 3. The van der Waals surface area contributed by atoms with Crippen molar-refractivity contribution in [3.63, 3.8) is 0 Å².